The van der Waals surface area contributed by atoms with E-state index in [2.05, 4.69) is 26.2 Å². The average molecular weight is 323 g/mol. The van der Waals surface area contributed by atoms with Crippen LogP contribution in [0.2, 0.25) is 0 Å². The van der Waals surface area contributed by atoms with E-state index in [0.29, 0.717) is 6.42 Å². The van der Waals surface area contributed by atoms with Gasteiger partial charge in [-0.05, 0) is 60.0 Å². The molecule has 2 nitrogen and oxygen atoms in total. The highest BCUT2D eigenvalue weighted by molar-refractivity contribution is 9.10. The van der Waals surface area contributed by atoms with Gasteiger partial charge in [-0.1, -0.05) is 18.2 Å². The van der Waals surface area contributed by atoms with Crippen molar-refractivity contribution in [2.75, 3.05) is 5.32 Å². The number of anilines is 1. The molecule has 0 saturated carbocycles. The van der Waals surface area contributed by atoms with Crippen LogP contribution in [0.1, 0.15) is 18.2 Å². The zero-order valence-electron chi connectivity index (χ0n) is 11.0. The fraction of sp³-hybridized carbons (Fsp3) is 0.267. The molecule has 2 aromatic rings. The summed E-state index contributed by atoms with van der Waals surface area (Å²) in [5.41, 5.74) is 2.63. The summed E-state index contributed by atoms with van der Waals surface area (Å²) in [7, 11) is 0. The molecule has 0 aliphatic heterocycles. The van der Waals surface area contributed by atoms with Crippen LogP contribution < -0.4 is 5.32 Å². The number of rotatable bonds is 4. The first kappa shape index (κ1) is 14.0. The predicted octanol–water partition coefficient (Wildman–Crippen LogP) is 4.33. The molecular formula is C15H16BrFN2. The van der Waals surface area contributed by atoms with E-state index in [-0.39, 0.29) is 11.9 Å². The molecule has 2 rings (SSSR count). The van der Waals surface area contributed by atoms with Crippen LogP contribution in [0, 0.1) is 12.7 Å². The number of nitrogens with zero attached hydrogens (tertiary/aromatic N) is 1. The Morgan fingerprint density at radius 1 is 1.26 bits per heavy atom. The van der Waals surface area contributed by atoms with Gasteiger partial charge < -0.3 is 5.32 Å². The van der Waals surface area contributed by atoms with Crippen molar-refractivity contribution in [3.63, 3.8) is 0 Å². The summed E-state index contributed by atoms with van der Waals surface area (Å²) < 4.78 is 14.4. The van der Waals surface area contributed by atoms with Gasteiger partial charge in [0.2, 0.25) is 0 Å². The summed E-state index contributed by atoms with van der Waals surface area (Å²) >= 11 is 3.34. The SMILES string of the molecule is Cc1nc(Br)ccc1NC(C)Cc1ccccc1F. The standard InChI is InChI=1S/C15H16BrFN2/c1-10(9-12-5-3-4-6-13(12)17)18-14-7-8-15(16)19-11(14)2/h3-8,10,18H,9H2,1-2H3. The van der Waals surface area contributed by atoms with Crippen molar-refractivity contribution in [3.05, 3.63) is 58.1 Å². The highest BCUT2D eigenvalue weighted by Gasteiger charge is 2.09. The maximum Gasteiger partial charge on any atom is 0.126 e. The van der Waals surface area contributed by atoms with E-state index >= 15 is 0 Å². The van der Waals surface area contributed by atoms with Crippen molar-refractivity contribution in [2.45, 2.75) is 26.3 Å². The fourth-order valence-corrected chi connectivity index (χ4v) is 2.39. The average Bonchev–Trinajstić information content (AvgIpc) is 2.36. The van der Waals surface area contributed by atoms with Gasteiger partial charge in [0, 0.05) is 6.04 Å². The van der Waals surface area contributed by atoms with Crippen LogP contribution >= 0.6 is 15.9 Å². The van der Waals surface area contributed by atoms with Crippen molar-refractivity contribution in [1.29, 1.82) is 0 Å². The Hall–Kier alpha value is -1.42. The van der Waals surface area contributed by atoms with Gasteiger partial charge in [-0.2, -0.15) is 0 Å². The van der Waals surface area contributed by atoms with Crippen molar-refractivity contribution in [3.8, 4) is 0 Å². The quantitative estimate of drug-likeness (QED) is 0.847. The van der Waals surface area contributed by atoms with Gasteiger partial charge in [0.25, 0.3) is 0 Å². The highest BCUT2D eigenvalue weighted by atomic mass is 79.9. The first-order valence-corrected chi connectivity index (χ1v) is 6.98. The molecule has 0 radical (unpaired) electrons. The Labute approximate surface area is 121 Å². The molecule has 0 amide bonds. The number of hydrogen-bond acceptors (Lipinski definition) is 2. The second-order valence-electron chi connectivity index (χ2n) is 4.61. The minimum Gasteiger partial charge on any atom is -0.381 e. The summed E-state index contributed by atoms with van der Waals surface area (Å²) in [5.74, 6) is -0.151. The van der Waals surface area contributed by atoms with Gasteiger partial charge in [-0.3, -0.25) is 0 Å². The maximum absolute atomic E-state index is 13.6. The number of hydrogen-bond donors (Lipinski definition) is 1. The lowest BCUT2D eigenvalue weighted by atomic mass is 10.1. The summed E-state index contributed by atoms with van der Waals surface area (Å²) in [6.45, 7) is 3.98. The van der Waals surface area contributed by atoms with Crippen molar-refractivity contribution in [2.24, 2.45) is 0 Å². The molecule has 0 aliphatic rings. The van der Waals surface area contributed by atoms with E-state index in [0.717, 1.165) is 21.5 Å². The van der Waals surface area contributed by atoms with Crippen LogP contribution in [-0.4, -0.2) is 11.0 Å². The third kappa shape index (κ3) is 3.77. The summed E-state index contributed by atoms with van der Waals surface area (Å²) in [6, 6.07) is 10.9. The van der Waals surface area contributed by atoms with E-state index in [1.165, 1.54) is 6.07 Å². The van der Waals surface area contributed by atoms with Crippen LogP contribution in [0.4, 0.5) is 10.1 Å². The second-order valence-corrected chi connectivity index (χ2v) is 5.42. The number of aromatic nitrogens is 1. The van der Waals surface area contributed by atoms with Crippen molar-refractivity contribution >= 4 is 21.6 Å². The minimum atomic E-state index is -0.151. The van der Waals surface area contributed by atoms with Crippen molar-refractivity contribution < 1.29 is 4.39 Å². The molecule has 0 spiro atoms. The molecule has 0 fully saturated rings. The molecule has 1 heterocycles. The minimum absolute atomic E-state index is 0.138. The first-order chi connectivity index (χ1) is 9.06. The van der Waals surface area contributed by atoms with E-state index in [4.69, 9.17) is 0 Å². The molecule has 0 aliphatic carbocycles. The molecule has 0 saturated heterocycles. The van der Waals surface area contributed by atoms with Gasteiger partial charge in [0.05, 0.1) is 11.4 Å². The maximum atomic E-state index is 13.6. The topological polar surface area (TPSA) is 24.9 Å². The third-order valence-electron chi connectivity index (χ3n) is 2.94. The van der Waals surface area contributed by atoms with Gasteiger partial charge in [0.15, 0.2) is 0 Å². The van der Waals surface area contributed by atoms with E-state index in [9.17, 15) is 4.39 Å². The van der Waals surface area contributed by atoms with Crippen molar-refractivity contribution in [1.82, 2.24) is 4.98 Å². The Balaban J connectivity index is 2.05. The van der Waals surface area contributed by atoms with Gasteiger partial charge in [-0.25, -0.2) is 9.37 Å². The number of halogens is 2. The van der Waals surface area contributed by atoms with Crippen LogP contribution in [0.15, 0.2) is 41.0 Å². The van der Waals surface area contributed by atoms with Crippen LogP contribution in [0.3, 0.4) is 0 Å². The summed E-state index contributed by atoms with van der Waals surface area (Å²) in [4.78, 5) is 4.33. The van der Waals surface area contributed by atoms with Crippen LogP contribution in [-0.2, 0) is 6.42 Å². The monoisotopic (exact) mass is 322 g/mol. The molecule has 100 valence electrons. The summed E-state index contributed by atoms with van der Waals surface area (Å²) in [5, 5.41) is 3.36. The summed E-state index contributed by atoms with van der Waals surface area (Å²) in [6.07, 6.45) is 0.641. The smallest absolute Gasteiger partial charge is 0.126 e. The normalized spacial score (nSPS) is 12.2. The second kappa shape index (κ2) is 6.15. The Kier molecular flexibility index (Phi) is 4.53. The van der Waals surface area contributed by atoms with Gasteiger partial charge in [-0.15, -0.1) is 0 Å². The molecule has 1 atom stereocenters. The van der Waals surface area contributed by atoms with E-state index < -0.39 is 0 Å². The molecule has 0 bridgehead atoms. The highest BCUT2D eigenvalue weighted by Crippen LogP contribution is 2.18. The lowest BCUT2D eigenvalue weighted by Gasteiger charge is -2.17. The Morgan fingerprint density at radius 3 is 2.68 bits per heavy atom. The largest absolute Gasteiger partial charge is 0.381 e. The lowest BCUT2D eigenvalue weighted by molar-refractivity contribution is 0.601. The molecule has 1 unspecified atom stereocenters. The number of pyridine rings is 1. The molecule has 1 N–H and O–H groups in total. The number of nitrogens with one attached hydrogen (secondary N) is 1. The molecule has 4 heteroatoms. The molecule has 1 aromatic carbocycles. The zero-order valence-corrected chi connectivity index (χ0v) is 12.5. The third-order valence-corrected chi connectivity index (χ3v) is 3.38. The zero-order chi connectivity index (χ0) is 13.8. The lowest BCUT2D eigenvalue weighted by Crippen LogP contribution is -2.19. The van der Waals surface area contributed by atoms with E-state index in [1.807, 2.05) is 38.1 Å². The fourth-order valence-electron chi connectivity index (χ4n) is 1.99. The Bertz CT molecular complexity index is 572. The van der Waals surface area contributed by atoms with Crippen LogP contribution in [0.25, 0.3) is 0 Å². The number of benzene rings is 1. The van der Waals surface area contributed by atoms with E-state index in [1.54, 1.807) is 6.07 Å². The molecular weight excluding hydrogens is 307 g/mol. The first-order valence-electron chi connectivity index (χ1n) is 6.19. The molecule has 1 aromatic heterocycles. The van der Waals surface area contributed by atoms with Crippen LogP contribution in [0.5, 0.6) is 0 Å². The van der Waals surface area contributed by atoms with Gasteiger partial charge in [0.1, 0.15) is 10.4 Å². The number of aryl methyl sites for hydroxylation is 1. The molecule has 19 heavy (non-hydrogen) atoms. The Morgan fingerprint density at radius 2 is 2.00 bits per heavy atom. The predicted molar refractivity (Wildman–Crippen MR) is 79.9 cm³/mol. The van der Waals surface area contributed by atoms with Gasteiger partial charge >= 0.3 is 0 Å².